The van der Waals surface area contributed by atoms with Gasteiger partial charge in [0.05, 0.1) is 0 Å². The van der Waals surface area contributed by atoms with Crippen molar-refractivity contribution in [3.63, 3.8) is 0 Å². The Bertz CT molecular complexity index is 304. The first-order valence-electron chi connectivity index (χ1n) is 4.55. The molecular weight excluding hydrogens is 203 g/mol. The van der Waals surface area contributed by atoms with Gasteiger partial charge in [0, 0.05) is 11.1 Å². The van der Waals surface area contributed by atoms with Gasteiger partial charge in [0.25, 0.3) is 0 Å². The van der Waals surface area contributed by atoms with Gasteiger partial charge in [0.2, 0.25) is 0 Å². The fourth-order valence-electron chi connectivity index (χ4n) is 1.30. The number of hydrogen-bond donors (Lipinski definition) is 2. The zero-order valence-electron chi connectivity index (χ0n) is 7.84. The van der Waals surface area contributed by atoms with Gasteiger partial charge in [-0.05, 0) is 37.1 Å². The Hall–Kier alpha value is -0.640. The second-order valence-electron chi connectivity index (χ2n) is 3.20. The topological polar surface area (TPSA) is 52.0 Å². The van der Waals surface area contributed by atoms with Crippen molar-refractivity contribution in [2.24, 2.45) is 11.5 Å². The van der Waals surface area contributed by atoms with E-state index in [1.165, 1.54) is 12.1 Å². The molecule has 0 spiro atoms. The van der Waals surface area contributed by atoms with E-state index < -0.39 is 0 Å². The summed E-state index contributed by atoms with van der Waals surface area (Å²) in [6, 6.07) is 4.10. The summed E-state index contributed by atoms with van der Waals surface area (Å²) in [5, 5.41) is 0.384. The third kappa shape index (κ3) is 2.94. The van der Waals surface area contributed by atoms with Crippen LogP contribution in [0.15, 0.2) is 18.2 Å². The zero-order valence-corrected chi connectivity index (χ0v) is 8.60. The fraction of sp³-hybridized carbons (Fsp3) is 0.400. The summed E-state index contributed by atoms with van der Waals surface area (Å²) in [4.78, 5) is 0. The standard InChI is InChI=1S/C10H14ClFN2/c11-9-6-7(12)3-4-8(9)10(14)2-1-5-13/h3-4,6,10H,1-2,5,13-14H2/t10-/m0/s1. The molecule has 0 amide bonds. The van der Waals surface area contributed by atoms with Crippen LogP contribution in [0.25, 0.3) is 0 Å². The van der Waals surface area contributed by atoms with E-state index in [1.54, 1.807) is 6.07 Å². The van der Waals surface area contributed by atoms with E-state index in [-0.39, 0.29) is 11.9 Å². The SMILES string of the molecule is NCCC[C@H](N)c1ccc(F)cc1Cl. The molecule has 0 unspecified atom stereocenters. The molecule has 1 aromatic carbocycles. The van der Waals surface area contributed by atoms with Gasteiger partial charge in [0.15, 0.2) is 0 Å². The van der Waals surface area contributed by atoms with Crippen molar-refractivity contribution in [3.8, 4) is 0 Å². The van der Waals surface area contributed by atoms with Crippen LogP contribution in [-0.2, 0) is 0 Å². The van der Waals surface area contributed by atoms with E-state index in [4.69, 9.17) is 23.1 Å². The Morgan fingerprint density at radius 3 is 2.71 bits per heavy atom. The van der Waals surface area contributed by atoms with E-state index in [0.29, 0.717) is 11.6 Å². The van der Waals surface area contributed by atoms with Gasteiger partial charge in [0.1, 0.15) is 5.82 Å². The van der Waals surface area contributed by atoms with Crippen LogP contribution in [0.2, 0.25) is 5.02 Å². The van der Waals surface area contributed by atoms with E-state index in [0.717, 1.165) is 18.4 Å². The fourth-order valence-corrected chi connectivity index (χ4v) is 1.60. The van der Waals surface area contributed by atoms with Gasteiger partial charge in [-0.3, -0.25) is 0 Å². The lowest BCUT2D eigenvalue weighted by Crippen LogP contribution is -2.13. The molecule has 78 valence electrons. The number of nitrogens with two attached hydrogens (primary N) is 2. The lowest BCUT2D eigenvalue weighted by atomic mass is 10.0. The first-order valence-corrected chi connectivity index (χ1v) is 4.93. The number of halogens is 2. The lowest BCUT2D eigenvalue weighted by molar-refractivity contribution is 0.607. The molecule has 0 aromatic heterocycles. The smallest absolute Gasteiger partial charge is 0.124 e. The van der Waals surface area contributed by atoms with Crippen molar-refractivity contribution in [1.82, 2.24) is 0 Å². The largest absolute Gasteiger partial charge is 0.330 e. The average Bonchev–Trinajstić information content (AvgIpc) is 2.14. The number of rotatable bonds is 4. The minimum atomic E-state index is -0.343. The second-order valence-corrected chi connectivity index (χ2v) is 3.61. The van der Waals surface area contributed by atoms with Gasteiger partial charge < -0.3 is 11.5 Å². The first-order chi connectivity index (χ1) is 6.65. The quantitative estimate of drug-likeness (QED) is 0.811. The van der Waals surface area contributed by atoms with Crippen molar-refractivity contribution in [1.29, 1.82) is 0 Å². The van der Waals surface area contributed by atoms with E-state index in [9.17, 15) is 4.39 Å². The molecule has 0 aliphatic heterocycles. The van der Waals surface area contributed by atoms with Gasteiger partial charge in [-0.25, -0.2) is 4.39 Å². The summed E-state index contributed by atoms with van der Waals surface area (Å²) in [6.45, 7) is 0.604. The molecule has 4 N–H and O–H groups in total. The molecule has 1 rings (SSSR count). The van der Waals surface area contributed by atoms with E-state index in [2.05, 4.69) is 0 Å². The molecule has 1 atom stereocenters. The molecule has 0 aliphatic rings. The molecule has 0 fully saturated rings. The molecule has 0 saturated heterocycles. The highest BCUT2D eigenvalue weighted by Gasteiger charge is 2.09. The van der Waals surface area contributed by atoms with Gasteiger partial charge in [-0.1, -0.05) is 17.7 Å². The van der Waals surface area contributed by atoms with Gasteiger partial charge in [-0.2, -0.15) is 0 Å². The van der Waals surface area contributed by atoms with Crippen molar-refractivity contribution in [3.05, 3.63) is 34.6 Å². The third-order valence-corrected chi connectivity index (χ3v) is 2.41. The van der Waals surface area contributed by atoms with Gasteiger partial charge in [-0.15, -0.1) is 0 Å². The molecular formula is C10H14ClFN2. The molecule has 14 heavy (non-hydrogen) atoms. The maximum atomic E-state index is 12.7. The molecule has 0 heterocycles. The maximum Gasteiger partial charge on any atom is 0.124 e. The average molecular weight is 217 g/mol. The summed E-state index contributed by atoms with van der Waals surface area (Å²) in [5.41, 5.74) is 12.0. The van der Waals surface area contributed by atoms with Crippen molar-refractivity contribution in [2.75, 3.05) is 6.54 Å². The minimum Gasteiger partial charge on any atom is -0.330 e. The summed E-state index contributed by atoms with van der Waals surface area (Å²) < 4.78 is 12.7. The summed E-state index contributed by atoms with van der Waals surface area (Å²) in [5.74, 6) is -0.343. The van der Waals surface area contributed by atoms with Crippen LogP contribution >= 0.6 is 11.6 Å². The van der Waals surface area contributed by atoms with Crippen LogP contribution in [0.4, 0.5) is 4.39 Å². The van der Waals surface area contributed by atoms with Gasteiger partial charge >= 0.3 is 0 Å². The highest BCUT2D eigenvalue weighted by atomic mass is 35.5. The highest BCUT2D eigenvalue weighted by Crippen LogP contribution is 2.24. The van der Waals surface area contributed by atoms with Crippen LogP contribution < -0.4 is 11.5 Å². The Morgan fingerprint density at radius 2 is 2.14 bits per heavy atom. The van der Waals surface area contributed by atoms with Crippen LogP contribution in [-0.4, -0.2) is 6.54 Å². The summed E-state index contributed by atoms with van der Waals surface area (Å²) in [7, 11) is 0. The summed E-state index contributed by atoms with van der Waals surface area (Å²) >= 11 is 5.85. The normalized spacial score (nSPS) is 12.9. The van der Waals surface area contributed by atoms with E-state index in [1.807, 2.05) is 0 Å². The Balaban J connectivity index is 2.74. The predicted molar refractivity (Wildman–Crippen MR) is 56.6 cm³/mol. The van der Waals surface area contributed by atoms with Crippen molar-refractivity contribution in [2.45, 2.75) is 18.9 Å². The highest BCUT2D eigenvalue weighted by molar-refractivity contribution is 6.31. The lowest BCUT2D eigenvalue weighted by Gasteiger charge is -2.12. The molecule has 0 saturated carbocycles. The Kier molecular flexibility index (Phi) is 4.32. The maximum absolute atomic E-state index is 12.7. The second kappa shape index (κ2) is 5.29. The Morgan fingerprint density at radius 1 is 1.43 bits per heavy atom. The molecule has 0 bridgehead atoms. The van der Waals surface area contributed by atoms with E-state index >= 15 is 0 Å². The minimum absolute atomic E-state index is 0.161. The van der Waals surface area contributed by atoms with Crippen LogP contribution in [0.3, 0.4) is 0 Å². The first kappa shape index (κ1) is 11.4. The predicted octanol–water partition coefficient (Wildman–Crippen LogP) is 2.22. The van der Waals surface area contributed by atoms with Crippen molar-refractivity contribution >= 4 is 11.6 Å². The van der Waals surface area contributed by atoms with Crippen LogP contribution in [0, 0.1) is 5.82 Å². The number of hydrogen-bond acceptors (Lipinski definition) is 2. The molecule has 1 aromatic rings. The van der Waals surface area contributed by atoms with Crippen molar-refractivity contribution < 1.29 is 4.39 Å². The molecule has 0 aliphatic carbocycles. The van der Waals surface area contributed by atoms with Crippen LogP contribution in [0.1, 0.15) is 24.4 Å². The third-order valence-electron chi connectivity index (χ3n) is 2.08. The van der Waals surface area contributed by atoms with Crippen LogP contribution in [0.5, 0.6) is 0 Å². The number of benzene rings is 1. The summed E-state index contributed by atoms with van der Waals surface area (Å²) in [6.07, 6.45) is 1.61. The monoisotopic (exact) mass is 216 g/mol. The zero-order chi connectivity index (χ0) is 10.6. The Labute approximate surface area is 88.0 Å². The molecule has 4 heteroatoms. The molecule has 2 nitrogen and oxygen atoms in total. The molecule has 0 radical (unpaired) electrons.